The van der Waals surface area contributed by atoms with Crippen LogP contribution in [-0.4, -0.2) is 50.1 Å². The molecule has 7 nitrogen and oxygen atoms in total. The first-order valence-electron chi connectivity index (χ1n) is 9.68. The number of methoxy groups -OCH3 is 1. The van der Waals surface area contributed by atoms with E-state index in [0.717, 1.165) is 5.75 Å². The van der Waals surface area contributed by atoms with Crippen LogP contribution in [0.1, 0.15) is 13.3 Å². The van der Waals surface area contributed by atoms with Crippen LogP contribution >= 0.6 is 0 Å². The number of hydrogen-bond acceptors (Lipinski definition) is 5. The zero-order chi connectivity index (χ0) is 20.6. The summed E-state index contributed by atoms with van der Waals surface area (Å²) in [5, 5.41) is 2.90. The molecule has 1 heterocycles. The molecule has 2 amide bonds. The lowest BCUT2D eigenvalue weighted by atomic mass is 10.1. The maximum atomic E-state index is 12.7. The SMILES string of the molecule is CCOc1ccc(Oc2ccccc2NC(=O)[C@@H]2CC(=O)N(CCOC)C2)cc1. The minimum absolute atomic E-state index is 0.0267. The Hall–Kier alpha value is -3.06. The topological polar surface area (TPSA) is 77.1 Å². The normalized spacial score (nSPS) is 16.0. The molecule has 0 radical (unpaired) electrons. The van der Waals surface area contributed by atoms with Crippen molar-refractivity contribution in [3.63, 3.8) is 0 Å². The number of rotatable bonds is 9. The number of nitrogens with one attached hydrogen (secondary N) is 1. The van der Waals surface area contributed by atoms with Crippen molar-refractivity contribution in [2.45, 2.75) is 13.3 Å². The zero-order valence-corrected chi connectivity index (χ0v) is 16.7. The number of carbonyl (C=O) groups excluding carboxylic acids is 2. The molecule has 1 atom stereocenters. The molecule has 0 aromatic heterocycles. The highest BCUT2D eigenvalue weighted by molar-refractivity contribution is 5.98. The summed E-state index contributed by atoms with van der Waals surface area (Å²) in [6.07, 6.45) is 0.206. The molecule has 1 aliphatic heterocycles. The maximum Gasteiger partial charge on any atom is 0.229 e. The van der Waals surface area contributed by atoms with Gasteiger partial charge in [-0.2, -0.15) is 0 Å². The molecule has 0 saturated carbocycles. The van der Waals surface area contributed by atoms with E-state index in [4.69, 9.17) is 14.2 Å². The minimum atomic E-state index is -0.391. The molecule has 2 aromatic carbocycles. The van der Waals surface area contributed by atoms with Crippen LogP contribution in [-0.2, 0) is 14.3 Å². The second kappa shape index (κ2) is 9.93. The summed E-state index contributed by atoms with van der Waals surface area (Å²) in [4.78, 5) is 26.5. The van der Waals surface area contributed by atoms with Gasteiger partial charge in [-0.1, -0.05) is 12.1 Å². The first-order valence-corrected chi connectivity index (χ1v) is 9.68. The Balaban J connectivity index is 1.64. The van der Waals surface area contributed by atoms with Gasteiger partial charge in [-0.25, -0.2) is 0 Å². The fourth-order valence-corrected chi connectivity index (χ4v) is 3.16. The van der Waals surface area contributed by atoms with Crippen molar-refractivity contribution in [3.05, 3.63) is 48.5 Å². The molecule has 0 unspecified atom stereocenters. The number of benzene rings is 2. The van der Waals surface area contributed by atoms with Crippen LogP contribution in [0.5, 0.6) is 17.2 Å². The summed E-state index contributed by atoms with van der Waals surface area (Å²) in [5.41, 5.74) is 0.564. The van der Waals surface area contributed by atoms with Crippen LogP contribution in [0.25, 0.3) is 0 Å². The summed E-state index contributed by atoms with van der Waals surface area (Å²) in [5.74, 6) is 1.33. The quantitative estimate of drug-likeness (QED) is 0.701. The summed E-state index contributed by atoms with van der Waals surface area (Å²) in [6.45, 7) is 3.88. The molecule has 154 valence electrons. The Morgan fingerprint density at radius 1 is 1.14 bits per heavy atom. The molecule has 0 bridgehead atoms. The van der Waals surface area contributed by atoms with E-state index in [1.807, 2.05) is 43.3 Å². The summed E-state index contributed by atoms with van der Waals surface area (Å²) >= 11 is 0. The van der Waals surface area contributed by atoms with Crippen molar-refractivity contribution in [2.24, 2.45) is 5.92 Å². The third-order valence-corrected chi connectivity index (χ3v) is 4.66. The first-order chi connectivity index (χ1) is 14.1. The van der Waals surface area contributed by atoms with Gasteiger partial charge in [0, 0.05) is 26.6 Å². The smallest absolute Gasteiger partial charge is 0.229 e. The Morgan fingerprint density at radius 2 is 1.86 bits per heavy atom. The van der Waals surface area contributed by atoms with Crippen molar-refractivity contribution in [1.29, 1.82) is 0 Å². The van der Waals surface area contributed by atoms with Crippen molar-refractivity contribution < 1.29 is 23.8 Å². The first kappa shape index (κ1) is 20.7. The molecule has 1 N–H and O–H groups in total. The average molecular weight is 398 g/mol. The Bertz CT molecular complexity index is 837. The lowest BCUT2D eigenvalue weighted by Gasteiger charge is -2.17. The second-order valence-corrected chi connectivity index (χ2v) is 6.73. The molecular weight excluding hydrogens is 372 g/mol. The standard InChI is InChI=1S/C22H26N2O5/c1-3-28-17-8-10-18(11-9-17)29-20-7-5-4-6-19(20)23-22(26)16-14-21(25)24(15-16)12-13-27-2/h4-11,16H,3,12-15H2,1-2H3,(H,23,26)/t16-/m1/s1. The number of anilines is 1. The van der Waals surface area contributed by atoms with Crippen molar-refractivity contribution in [2.75, 3.05) is 38.7 Å². The zero-order valence-electron chi connectivity index (χ0n) is 16.7. The number of ether oxygens (including phenoxy) is 3. The van der Waals surface area contributed by atoms with Crippen LogP contribution in [0.3, 0.4) is 0 Å². The van der Waals surface area contributed by atoms with Gasteiger partial charge in [-0.05, 0) is 43.3 Å². The van der Waals surface area contributed by atoms with Gasteiger partial charge in [0.05, 0.1) is 24.8 Å². The number of nitrogens with zero attached hydrogens (tertiary/aromatic N) is 1. The Labute approximate surface area is 170 Å². The minimum Gasteiger partial charge on any atom is -0.494 e. The van der Waals surface area contributed by atoms with E-state index in [1.165, 1.54) is 0 Å². The van der Waals surface area contributed by atoms with E-state index >= 15 is 0 Å². The third-order valence-electron chi connectivity index (χ3n) is 4.66. The second-order valence-electron chi connectivity index (χ2n) is 6.73. The third kappa shape index (κ3) is 5.48. The molecular formula is C22H26N2O5. The molecule has 0 aliphatic carbocycles. The highest BCUT2D eigenvalue weighted by Gasteiger charge is 2.34. The molecule has 1 fully saturated rings. The number of amides is 2. The molecule has 1 aliphatic rings. The number of likely N-dealkylation sites (tertiary alicyclic amines) is 1. The highest BCUT2D eigenvalue weighted by Crippen LogP contribution is 2.31. The van der Waals surface area contributed by atoms with E-state index in [-0.39, 0.29) is 18.2 Å². The van der Waals surface area contributed by atoms with Gasteiger partial charge in [-0.15, -0.1) is 0 Å². The molecule has 0 spiro atoms. The van der Waals surface area contributed by atoms with Gasteiger partial charge in [0.25, 0.3) is 0 Å². The van der Waals surface area contributed by atoms with Crippen molar-refractivity contribution in [1.82, 2.24) is 4.90 Å². The van der Waals surface area contributed by atoms with E-state index in [1.54, 1.807) is 24.1 Å². The van der Waals surface area contributed by atoms with Gasteiger partial charge >= 0.3 is 0 Å². The highest BCUT2D eigenvalue weighted by atomic mass is 16.5. The predicted molar refractivity (Wildman–Crippen MR) is 109 cm³/mol. The average Bonchev–Trinajstić information content (AvgIpc) is 3.10. The van der Waals surface area contributed by atoms with Crippen molar-refractivity contribution in [3.8, 4) is 17.2 Å². The molecule has 1 saturated heterocycles. The van der Waals surface area contributed by atoms with E-state index in [9.17, 15) is 9.59 Å². The van der Waals surface area contributed by atoms with Gasteiger partial charge in [0.15, 0.2) is 5.75 Å². The summed E-state index contributed by atoms with van der Waals surface area (Å²) in [6, 6.07) is 14.5. The van der Waals surface area contributed by atoms with Crippen LogP contribution in [0.2, 0.25) is 0 Å². The fraction of sp³-hybridized carbons (Fsp3) is 0.364. The number of para-hydroxylation sites is 2. The van der Waals surface area contributed by atoms with Gasteiger partial charge in [-0.3, -0.25) is 9.59 Å². The van der Waals surface area contributed by atoms with E-state index in [2.05, 4.69) is 5.32 Å². The van der Waals surface area contributed by atoms with Gasteiger partial charge < -0.3 is 24.4 Å². The lowest BCUT2D eigenvalue weighted by molar-refractivity contribution is -0.128. The number of hydrogen-bond donors (Lipinski definition) is 1. The molecule has 29 heavy (non-hydrogen) atoms. The van der Waals surface area contributed by atoms with Gasteiger partial charge in [0.2, 0.25) is 11.8 Å². The Morgan fingerprint density at radius 3 is 2.59 bits per heavy atom. The molecule has 3 rings (SSSR count). The maximum absolute atomic E-state index is 12.7. The van der Waals surface area contributed by atoms with Crippen LogP contribution in [0.15, 0.2) is 48.5 Å². The molecule has 2 aromatic rings. The monoisotopic (exact) mass is 398 g/mol. The predicted octanol–water partition coefficient (Wildman–Crippen LogP) is 3.31. The van der Waals surface area contributed by atoms with Crippen LogP contribution in [0, 0.1) is 5.92 Å². The largest absolute Gasteiger partial charge is 0.494 e. The van der Waals surface area contributed by atoms with Gasteiger partial charge in [0.1, 0.15) is 11.5 Å². The number of carbonyl (C=O) groups is 2. The van der Waals surface area contributed by atoms with E-state index in [0.29, 0.717) is 43.5 Å². The lowest BCUT2D eigenvalue weighted by Crippen LogP contribution is -2.30. The summed E-state index contributed by atoms with van der Waals surface area (Å²) < 4.78 is 16.4. The summed E-state index contributed by atoms with van der Waals surface area (Å²) in [7, 11) is 1.59. The van der Waals surface area contributed by atoms with Crippen LogP contribution in [0.4, 0.5) is 5.69 Å². The van der Waals surface area contributed by atoms with Crippen molar-refractivity contribution >= 4 is 17.5 Å². The molecule has 7 heteroatoms. The van der Waals surface area contributed by atoms with Crippen LogP contribution < -0.4 is 14.8 Å². The van der Waals surface area contributed by atoms with E-state index < -0.39 is 5.92 Å². The fourth-order valence-electron chi connectivity index (χ4n) is 3.16. The Kier molecular flexibility index (Phi) is 7.08.